The Hall–Kier alpha value is -1.46. The molecule has 94 valence electrons. The number of thiazole rings is 1. The van der Waals surface area contributed by atoms with E-state index in [1.165, 1.54) is 12.8 Å². The first kappa shape index (κ1) is 11.6. The third-order valence-corrected chi connectivity index (χ3v) is 3.82. The molecule has 18 heavy (non-hydrogen) atoms. The third kappa shape index (κ3) is 2.52. The lowest BCUT2D eigenvalue weighted by Gasteiger charge is -2.16. The van der Waals surface area contributed by atoms with Gasteiger partial charge in [0.15, 0.2) is 0 Å². The van der Waals surface area contributed by atoms with Crippen molar-refractivity contribution in [3.63, 3.8) is 0 Å². The molecule has 1 saturated carbocycles. The summed E-state index contributed by atoms with van der Waals surface area (Å²) < 4.78 is 5.09. The van der Waals surface area contributed by atoms with Crippen LogP contribution in [0, 0.1) is 0 Å². The number of pyridine rings is 1. The van der Waals surface area contributed by atoms with Gasteiger partial charge in [0, 0.05) is 29.9 Å². The van der Waals surface area contributed by atoms with Crippen LogP contribution in [0.2, 0.25) is 0 Å². The van der Waals surface area contributed by atoms with Gasteiger partial charge in [0.05, 0.1) is 13.2 Å². The van der Waals surface area contributed by atoms with Gasteiger partial charge >= 0.3 is 0 Å². The molecule has 0 bridgehead atoms. The zero-order valence-corrected chi connectivity index (χ0v) is 11.0. The lowest BCUT2D eigenvalue weighted by atomic mass is 10.1. The summed E-state index contributed by atoms with van der Waals surface area (Å²) in [4.78, 5) is 8.68. The molecule has 1 N–H and O–H groups in total. The Bertz CT molecular complexity index is 493. The fraction of sp³-hybridized carbons (Fsp3) is 0.385. The van der Waals surface area contributed by atoms with Crippen molar-refractivity contribution in [1.29, 1.82) is 0 Å². The summed E-state index contributed by atoms with van der Waals surface area (Å²) in [5.74, 6) is 0.642. The molecular formula is C13H15N3OS. The van der Waals surface area contributed by atoms with Gasteiger partial charge in [-0.15, -0.1) is 11.3 Å². The van der Waals surface area contributed by atoms with E-state index >= 15 is 0 Å². The standard InChI is InChI=1S/C13H15N3OS/c1-17-11-5-2-9(8-15-11)12(16-10-3-4-10)13-14-6-7-18-13/h2,5-8,10,12,16H,3-4H2,1H3. The maximum absolute atomic E-state index is 5.09. The zero-order valence-electron chi connectivity index (χ0n) is 10.2. The molecule has 0 aromatic carbocycles. The van der Waals surface area contributed by atoms with E-state index in [-0.39, 0.29) is 6.04 Å². The van der Waals surface area contributed by atoms with Crippen LogP contribution in [-0.2, 0) is 0 Å². The number of methoxy groups -OCH3 is 1. The van der Waals surface area contributed by atoms with Crippen molar-refractivity contribution in [3.05, 3.63) is 40.5 Å². The van der Waals surface area contributed by atoms with Gasteiger partial charge in [-0.1, -0.05) is 6.07 Å². The molecule has 2 aromatic rings. The summed E-state index contributed by atoms with van der Waals surface area (Å²) in [6.45, 7) is 0. The molecule has 0 saturated heterocycles. The highest BCUT2D eigenvalue weighted by Gasteiger charge is 2.27. The van der Waals surface area contributed by atoms with Crippen molar-refractivity contribution in [1.82, 2.24) is 15.3 Å². The predicted octanol–water partition coefficient (Wildman–Crippen LogP) is 2.39. The second-order valence-electron chi connectivity index (χ2n) is 4.38. The molecule has 4 nitrogen and oxygen atoms in total. The van der Waals surface area contributed by atoms with Crippen LogP contribution in [0.15, 0.2) is 29.9 Å². The van der Waals surface area contributed by atoms with Gasteiger partial charge in [-0.05, 0) is 18.4 Å². The molecule has 1 unspecified atom stereocenters. The average molecular weight is 261 g/mol. The van der Waals surface area contributed by atoms with Gasteiger partial charge in [0.25, 0.3) is 0 Å². The summed E-state index contributed by atoms with van der Waals surface area (Å²) in [6, 6.07) is 4.72. The number of aromatic nitrogens is 2. The highest BCUT2D eigenvalue weighted by Crippen LogP contribution is 2.29. The number of nitrogens with zero attached hydrogens (tertiary/aromatic N) is 2. The topological polar surface area (TPSA) is 47.0 Å². The summed E-state index contributed by atoms with van der Waals surface area (Å²) in [6.07, 6.45) is 6.22. The largest absolute Gasteiger partial charge is 0.481 e. The Labute approximate surface area is 110 Å². The molecule has 1 atom stereocenters. The minimum atomic E-state index is 0.149. The van der Waals surface area contributed by atoms with Crippen LogP contribution in [0.3, 0.4) is 0 Å². The Morgan fingerprint density at radius 2 is 2.28 bits per heavy atom. The quantitative estimate of drug-likeness (QED) is 0.897. The van der Waals surface area contributed by atoms with Crippen molar-refractivity contribution < 1.29 is 4.74 Å². The van der Waals surface area contributed by atoms with Crippen LogP contribution < -0.4 is 10.1 Å². The molecular weight excluding hydrogens is 246 g/mol. The number of rotatable bonds is 5. The van der Waals surface area contributed by atoms with Crippen LogP contribution in [-0.4, -0.2) is 23.1 Å². The second kappa shape index (κ2) is 5.04. The van der Waals surface area contributed by atoms with Crippen molar-refractivity contribution in [2.45, 2.75) is 24.9 Å². The van der Waals surface area contributed by atoms with E-state index in [2.05, 4.69) is 15.3 Å². The fourth-order valence-electron chi connectivity index (χ4n) is 1.86. The van der Waals surface area contributed by atoms with E-state index in [4.69, 9.17) is 4.74 Å². The maximum Gasteiger partial charge on any atom is 0.212 e. The molecule has 1 aliphatic carbocycles. The molecule has 2 heterocycles. The summed E-state index contributed by atoms with van der Waals surface area (Å²) >= 11 is 1.67. The highest BCUT2D eigenvalue weighted by atomic mass is 32.1. The van der Waals surface area contributed by atoms with E-state index in [1.54, 1.807) is 18.4 Å². The molecule has 0 amide bonds. The zero-order chi connectivity index (χ0) is 12.4. The summed E-state index contributed by atoms with van der Waals surface area (Å²) in [5.41, 5.74) is 1.14. The van der Waals surface area contributed by atoms with Crippen molar-refractivity contribution in [2.75, 3.05) is 7.11 Å². The van der Waals surface area contributed by atoms with E-state index in [0.29, 0.717) is 11.9 Å². The van der Waals surface area contributed by atoms with Crippen LogP contribution in [0.1, 0.15) is 29.5 Å². The maximum atomic E-state index is 5.09. The molecule has 2 aromatic heterocycles. The monoisotopic (exact) mass is 261 g/mol. The van der Waals surface area contributed by atoms with Gasteiger partial charge in [0.1, 0.15) is 5.01 Å². The van der Waals surface area contributed by atoms with E-state index < -0.39 is 0 Å². The van der Waals surface area contributed by atoms with Crippen LogP contribution >= 0.6 is 11.3 Å². The fourth-order valence-corrected chi connectivity index (χ4v) is 2.58. The van der Waals surface area contributed by atoms with E-state index in [1.807, 2.05) is 29.9 Å². The smallest absolute Gasteiger partial charge is 0.212 e. The van der Waals surface area contributed by atoms with Crippen LogP contribution in [0.4, 0.5) is 0 Å². The van der Waals surface area contributed by atoms with Crippen molar-refractivity contribution in [2.24, 2.45) is 0 Å². The first-order chi connectivity index (χ1) is 8.86. The van der Waals surface area contributed by atoms with Crippen LogP contribution in [0.25, 0.3) is 0 Å². The number of hydrogen-bond donors (Lipinski definition) is 1. The molecule has 5 heteroatoms. The van der Waals surface area contributed by atoms with Crippen LogP contribution in [0.5, 0.6) is 5.88 Å². The van der Waals surface area contributed by atoms with Crippen molar-refractivity contribution in [3.8, 4) is 5.88 Å². The molecule has 0 radical (unpaired) electrons. The van der Waals surface area contributed by atoms with Gasteiger partial charge in [-0.3, -0.25) is 0 Å². The lowest BCUT2D eigenvalue weighted by Crippen LogP contribution is -2.24. The lowest BCUT2D eigenvalue weighted by molar-refractivity contribution is 0.397. The van der Waals surface area contributed by atoms with Crippen molar-refractivity contribution >= 4 is 11.3 Å². The first-order valence-electron chi connectivity index (χ1n) is 6.02. The van der Waals surface area contributed by atoms with E-state index in [0.717, 1.165) is 10.6 Å². The second-order valence-corrected chi connectivity index (χ2v) is 5.30. The van der Waals surface area contributed by atoms with E-state index in [9.17, 15) is 0 Å². The Kier molecular flexibility index (Phi) is 3.25. The SMILES string of the molecule is COc1ccc(C(NC2CC2)c2nccs2)cn1. The Morgan fingerprint density at radius 1 is 1.39 bits per heavy atom. The minimum Gasteiger partial charge on any atom is -0.481 e. The Balaban J connectivity index is 1.86. The Morgan fingerprint density at radius 3 is 2.83 bits per heavy atom. The number of ether oxygens (including phenoxy) is 1. The molecule has 0 aliphatic heterocycles. The molecule has 0 spiro atoms. The van der Waals surface area contributed by atoms with Gasteiger partial charge in [-0.25, -0.2) is 9.97 Å². The third-order valence-electron chi connectivity index (χ3n) is 2.98. The number of nitrogens with one attached hydrogen (secondary N) is 1. The summed E-state index contributed by atoms with van der Waals surface area (Å²) in [5, 5.41) is 6.71. The normalized spacial score (nSPS) is 16.5. The predicted molar refractivity (Wildman–Crippen MR) is 70.9 cm³/mol. The summed E-state index contributed by atoms with van der Waals surface area (Å²) in [7, 11) is 1.63. The number of hydrogen-bond acceptors (Lipinski definition) is 5. The van der Waals surface area contributed by atoms with Gasteiger partial charge in [0.2, 0.25) is 5.88 Å². The molecule has 3 rings (SSSR count). The van der Waals surface area contributed by atoms with Gasteiger partial charge in [-0.2, -0.15) is 0 Å². The highest BCUT2D eigenvalue weighted by molar-refractivity contribution is 7.09. The molecule has 1 aliphatic rings. The average Bonchev–Trinajstić information content (AvgIpc) is 3.08. The van der Waals surface area contributed by atoms with Gasteiger partial charge < -0.3 is 10.1 Å². The first-order valence-corrected chi connectivity index (χ1v) is 6.90. The molecule has 1 fully saturated rings. The minimum absolute atomic E-state index is 0.149.